The number of nitrogens with one attached hydrogen (secondary N) is 1. The number of aromatic nitrogens is 1. The van der Waals surface area contributed by atoms with Gasteiger partial charge in [-0.1, -0.05) is 13.8 Å². The second kappa shape index (κ2) is 8.85. The van der Waals surface area contributed by atoms with Crippen molar-refractivity contribution in [2.24, 2.45) is 5.84 Å². The van der Waals surface area contributed by atoms with Crippen LogP contribution < -0.4 is 16.0 Å². The number of hydrogen-bond donors (Lipinski definition) is 2. The molecule has 0 spiro atoms. The Morgan fingerprint density at radius 2 is 2.11 bits per heavy atom. The van der Waals surface area contributed by atoms with Crippen molar-refractivity contribution in [2.45, 2.75) is 45.8 Å². The molecular formula is C14H25N3O2. The number of nitrogens with zero attached hydrogens (tertiary/aromatic N) is 1. The fourth-order valence-electron chi connectivity index (χ4n) is 1.99. The van der Waals surface area contributed by atoms with E-state index in [1.807, 2.05) is 13.0 Å². The molecule has 0 saturated carbocycles. The van der Waals surface area contributed by atoms with Crippen molar-refractivity contribution in [3.8, 4) is 5.75 Å². The summed E-state index contributed by atoms with van der Waals surface area (Å²) < 4.78 is 11.3. The van der Waals surface area contributed by atoms with Gasteiger partial charge >= 0.3 is 0 Å². The standard InChI is InChI=1S/C14H25N3O2/c1-4-7-19-12-8-11(9-16-10-12)14(17-15)13(5-2)18-6-3/h8-10,13-14,17H,4-7,15H2,1-3H3. The quantitative estimate of drug-likeness (QED) is 0.530. The zero-order valence-electron chi connectivity index (χ0n) is 12.1. The van der Waals surface area contributed by atoms with Crippen LogP contribution in [0.4, 0.5) is 0 Å². The van der Waals surface area contributed by atoms with E-state index in [1.54, 1.807) is 12.4 Å². The average Bonchev–Trinajstić information content (AvgIpc) is 2.45. The van der Waals surface area contributed by atoms with Crippen LogP contribution in [0.25, 0.3) is 0 Å². The summed E-state index contributed by atoms with van der Waals surface area (Å²) in [6, 6.07) is 1.89. The Kier molecular flexibility index (Phi) is 7.40. The topological polar surface area (TPSA) is 69.4 Å². The lowest BCUT2D eigenvalue weighted by atomic mass is 10.0. The fraction of sp³-hybridized carbons (Fsp3) is 0.643. The lowest BCUT2D eigenvalue weighted by Crippen LogP contribution is -2.37. The number of ether oxygens (including phenoxy) is 2. The minimum atomic E-state index is -0.0809. The Morgan fingerprint density at radius 1 is 1.32 bits per heavy atom. The Morgan fingerprint density at radius 3 is 2.68 bits per heavy atom. The average molecular weight is 267 g/mol. The highest BCUT2D eigenvalue weighted by Gasteiger charge is 2.21. The van der Waals surface area contributed by atoms with Crippen molar-refractivity contribution < 1.29 is 9.47 Å². The van der Waals surface area contributed by atoms with Crippen LogP contribution in [0, 0.1) is 0 Å². The first kappa shape index (κ1) is 15.9. The van der Waals surface area contributed by atoms with E-state index >= 15 is 0 Å². The van der Waals surface area contributed by atoms with Gasteiger partial charge in [0, 0.05) is 12.8 Å². The summed E-state index contributed by atoms with van der Waals surface area (Å²) >= 11 is 0. The summed E-state index contributed by atoms with van der Waals surface area (Å²) in [5.74, 6) is 6.43. The third kappa shape index (κ3) is 4.78. The summed E-state index contributed by atoms with van der Waals surface area (Å²) in [6.45, 7) is 7.49. The van der Waals surface area contributed by atoms with E-state index < -0.39 is 0 Å². The van der Waals surface area contributed by atoms with Crippen molar-refractivity contribution >= 4 is 0 Å². The molecule has 5 heteroatoms. The van der Waals surface area contributed by atoms with Crippen LogP contribution in [0.2, 0.25) is 0 Å². The fourth-order valence-corrected chi connectivity index (χ4v) is 1.99. The van der Waals surface area contributed by atoms with E-state index in [9.17, 15) is 0 Å². The first-order chi connectivity index (χ1) is 9.26. The zero-order chi connectivity index (χ0) is 14.1. The normalized spacial score (nSPS) is 14.1. The molecule has 1 aromatic rings. The molecule has 5 nitrogen and oxygen atoms in total. The Hall–Kier alpha value is -1.17. The van der Waals surface area contributed by atoms with Crippen molar-refractivity contribution in [2.75, 3.05) is 13.2 Å². The van der Waals surface area contributed by atoms with Crippen LogP contribution in [0.3, 0.4) is 0 Å². The third-order valence-electron chi connectivity index (χ3n) is 2.90. The maximum absolute atomic E-state index is 5.71. The van der Waals surface area contributed by atoms with E-state index in [4.69, 9.17) is 15.3 Å². The number of rotatable bonds is 9. The molecule has 0 aliphatic heterocycles. The monoisotopic (exact) mass is 267 g/mol. The minimum Gasteiger partial charge on any atom is -0.492 e. The zero-order valence-corrected chi connectivity index (χ0v) is 12.1. The van der Waals surface area contributed by atoms with Crippen LogP contribution in [-0.2, 0) is 4.74 Å². The van der Waals surface area contributed by atoms with Gasteiger partial charge in [-0.3, -0.25) is 16.3 Å². The van der Waals surface area contributed by atoms with Crippen molar-refractivity contribution in [3.63, 3.8) is 0 Å². The van der Waals surface area contributed by atoms with E-state index in [0.29, 0.717) is 13.2 Å². The van der Waals surface area contributed by atoms with E-state index in [2.05, 4.69) is 24.3 Å². The molecule has 19 heavy (non-hydrogen) atoms. The number of hydrogen-bond acceptors (Lipinski definition) is 5. The first-order valence-electron chi connectivity index (χ1n) is 6.92. The molecule has 0 saturated heterocycles. The second-order valence-corrected chi connectivity index (χ2v) is 4.35. The van der Waals surface area contributed by atoms with Crippen LogP contribution >= 0.6 is 0 Å². The van der Waals surface area contributed by atoms with Gasteiger partial charge in [0.25, 0.3) is 0 Å². The molecule has 0 aliphatic rings. The molecule has 0 aromatic carbocycles. The van der Waals surface area contributed by atoms with Gasteiger partial charge in [-0.2, -0.15) is 0 Å². The first-order valence-corrected chi connectivity index (χ1v) is 6.92. The predicted molar refractivity (Wildman–Crippen MR) is 75.8 cm³/mol. The van der Waals surface area contributed by atoms with Gasteiger partial charge in [-0.15, -0.1) is 0 Å². The Balaban J connectivity index is 2.84. The molecule has 0 radical (unpaired) electrons. The molecule has 0 aliphatic carbocycles. The molecule has 1 aromatic heterocycles. The van der Waals surface area contributed by atoms with Gasteiger partial charge in [-0.05, 0) is 31.4 Å². The lowest BCUT2D eigenvalue weighted by molar-refractivity contribution is 0.0312. The molecule has 2 unspecified atom stereocenters. The molecule has 1 rings (SSSR count). The smallest absolute Gasteiger partial charge is 0.137 e. The maximum Gasteiger partial charge on any atom is 0.137 e. The van der Waals surface area contributed by atoms with Gasteiger partial charge < -0.3 is 9.47 Å². The summed E-state index contributed by atoms with van der Waals surface area (Å²) in [5.41, 5.74) is 3.80. The number of pyridine rings is 1. The van der Waals surface area contributed by atoms with Crippen molar-refractivity contribution in [1.29, 1.82) is 0 Å². The number of hydrazine groups is 1. The highest BCUT2D eigenvalue weighted by Crippen LogP contribution is 2.23. The van der Waals surface area contributed by atoms with Crippen molar-refractivity contribution in [3.05, 3.63) is 24.0 Å². The van der Waals surface area contributed by atoms with Crippen LogP contribution in [0.5, 0.6) is 5.75 Å². The van der Waals surface area contributed by atoms with E-state index in [1.165, 1.54) is 0 Å². The Bertz CT molecular complexity index is 360. The highest BCUT2D eigenvalue weighted by molar-refractivity contribution is 5.26. The third-order valence-corrected chi connectivity index (χ3v) is 2.90. The minimum absolute atomic E-state index is 0.0261. The van der Waals surface area contributed by atoms with Crippen molar-refractivity contribution in [1.82, 2.24) is 10.4 Å². The molecule has 0 bridgehead atoms. The molecular weight excluding hydrogens is 242 g/mol. The van der Waals surface area contributed by atoms with Crippen LogP contribution in [-0.4, -0.2) is 24.3 Å². The molecule has 0 amide bonds. The van der Waals surface area contributed by atoms with Gasteiger partial charge in [0.1, 0.15) is 5.75 Å². The second-order valence-electron chi connectivity index (χ2n) is 4.35. The maximum atomic E-state index is 5.71. The van der Waals surface area contributed by atoms with Gasteiger partial charge in [-0.25, -0.2) is 0 Å². The van der Waals surface area contributed by atoms with Gasteiger partial charge in [0.2, 0.25) is 0 Å². The van der Waals surface area contributed by atoms with Crippen LogP contribution in [0.15, 0.2) is 18.5 Å². The summed E-state index contributed by atoms with van der Waals surface area (Å²) in [5, 5.41) is 0. The predicted octanol–water partition coefficient (Wildman–Crippen LogP) is 2.19. The van der Waals surface area contributed by atoms with Gasteiger partial charge in [0.05, 0.1) is 24.9 Å². The summed E-state index contributed by atoms with van der Waals surface area (Å²) in [6.07, 6.45) is 5.39. The molecule has 0 fully saturated rings. The summed E-state index contributed by atoms with van der Waals surface area (Å²) in [7, 11) is 0. The Labute approximate surface area is 115 Å². The van der Waals surface area contributed by atoms with E-state index in [0.717, 1.165) is 24.2 Å². The van der Waals surface area contributed by atoms with Gasteiger partial charge in [0.15, 0.2) is 0 Å². The van der Waals surface area contributed by atoms with E-state index in [-0.39, 0.29) is 12.1 Å². The van der Waals surface area contributed by atoms with Crippen LogP contribution in [0.1, 0.15) is 45.2 Å². The summed E-state index contributed by atoms with van der Waals surface area (Å²) in [4.78, 5) is 4.21. The molecule has 108 valence electrons. The highest BCUT2D eigenvalue weighted by atomic mass is 16.5. The number of nitrogens with two attached hydrogens (primary N) is 1. The molecule has 3 N–H and O–H groups in total. The molecule has 1 heterocycles. The SMILES string of the molecule is CCCOc1cncc(C(NN)C(CC)OCC)c1. The lowest BCUT2D eigenvalue weighted by Gasteiger charge is -2.25. The largest absolute Gasteiger partial charge is 0.492 e. The molecule has 2 atom stereocenters.